The number of nitrogens with zero attached hydrogens (tertiary/aromatic N) is 8. The molecule has 3 aromatic heterocycles. The molecular formula is C15H14N8O3S. The van der Waals surface area contributed by atoms with Crippen LogP contribution < -0.4 is 4.74 Å². The second-order valence-electron chi connectivity index (χ2n) is 5.89. The van der Waals surface area contributed by atoms with E-state index in [1.807, 2.05) is 0 Å². The normalized spacial score (nSPS) is 26.8. The number of aromatic nitrogens is 8. The second-order valence-corrected chi connectivity index (χ2v) is 6.82. The summed E-state index contributed by atoms with van der Waals surface area (Å²) in [6, 6.07) is 3.63. The van der Waals surface area contributed by atoms with Crippen LogP contribution in [-0.2, 0) is 9.47 Å². The molecule has 0 radical (unpaired) electrons. The highest BCUT2D eigenvalue weighted by Crippen LogP contribution is 2.37. The molecule has 0 spiro atoms. The minimum atomic E-state index is -0.285. The summed E-state index contributed by atoms with van der Waals surface area (Å²) in [4.78, 5) is 16.6. The van der Waals surface area contributed by atoms with E-state index in [4.69, 9.17) is 14.2 Å². The lowest BCUT2D eigenvalue weighted by Gasteiger charge is -2.17. The Labute approximate surface area is 157 Å². The number of fused-ring (bicyclic) bond motifs is 1. The quantitative estimate of drug-likeness (QED) is 0.558. The molecule has 0 saturated carbocycles. The van der Waals surface area contributed by atoms with Crippen LogP contribution in [0.2, 0.25) is 0 Å². The van der Waals surface area contributed by atoms with E-state index in [1.54, 1.807) is 41.6 Å². The summed E-state index contributed by atoms with van der Waals surface area (Å²) in [5, 5.41) is 13.1. The number of tetrazole rings is 1. The van der Waals surface area contributed by atoms with Gasteiger partial charge in [-0.3, -0.25) is 0 Å². The zero-order valence-electron chi connectivity index (χ0n) is 13.9. The fourth-order valence-electron chi connectivity index (χ4n) is 3.12. The van der Waals surface area contributed by atoms with Gasteiger partial charge in [0.2, 0.25) is 5.16 Å². The smallest absolute Gasteiger partial charge is 0.316 e. The summed E-state index contributed by atoms with van der Waals surface area (Å²) >= 11 is 1.29. The Kier molecular flexibility index (Phi) is 4.35. The predicted molar refractivity (Wildman–Crippen MR) is 88.9 cm³/mol. The molecule has 2 aliphatic heterocycles. The van der Waals surface area contributed by atoms with E-state index < -0.39 is 0 Å². The average molecular weight is 386 g/mol. The Balaban J connectivity index is 1.32. The van der Waals surface area contributed by atoms with Gasteiger partial charge in [-0.1, -0.05) is 0 Å². The number of hydrogen-bond donors (Lipinski definition) is 0. The highest BCUT2D eigenvalue weighted by molar-refractivity contribution is 7.99. The summed E-state index contributed by atoms with van der Waals surface area (Å²) in [5.41, 5.74) is 0. The van der Waals surface area contributed by atoms with E-state index in [1.165, 1.54) is 11.8 Å². The Bertz CT molecular complexity index is 898. The van der Waals surface area contributed by atoms with E-state index in [9.17, 15) is 0 Å². The van der Waals surface area contributed by atoms with E-state index in [0.717, 1.165) is 0 Å². The second kappa shape index (κ2) is 7.13. The maximum atomic E-state index is 5.94. The number of rotatable bonds is 5. The topological polar surface area (TPSA) is 123 Å². The highest BCUT2D eigenvalue weighted by Gasteiger charge is 2.51. The van der Waals surface area contributed by atoms with Gasteiger partial charge in [0, 0.05) is 24.8 Å². The first-order chi connectivity index (χ1) is 13.4. The van der Waals surface area contributed by atoms with Gasteiger partial charge in [0.05, 0.1) is 13.2 Å². The minimum absolute atomic E-state index is 0.165. The Morgan fingerprint density at radius 2 is 1.70 bits per heavy atom. The van der Waals surface area contributed by atoms with Gasteiger partial charge in [-0.15, -0.1) is 5.10 Å². The first-order valence-corrected chi connectivity index (χ1v) is 9.10. The predicted octanol–water partition coefficient (Wildman–Crippen LogP) is 0.191. The first-order valence-electron chi connectivity index (χ1n) is 8.28. The molecule has 27 heavy (non-hydrogen) atoms. The maximum absolute atomic E-state index is 5.94. The van der Waals surface area contributed by atoms with Gasteiger partial charge in [0.15, 0.2) is 11.3 Å². The summed E-state index contributed by atoms with van der Waals surface area (Å²) in [6.45, 7) is 0.801. The third kappa shape index (κ3) is 3.22. The molecule has 2 aliphatic rings. The zero-order valence-corrected chi connectivity index (χ0v) is 14.7. The first kappa shape index (κ1) is 16.5. The number of ether oxygens (including phenoxy) is 3. The molecule has 5 heterocycles. The molecule has 12 heteroatoms. The minimum Gasteiger partial charge on any atom is -0.455 e. The molecule has 0 aromatic carbocycles. The van der Waals surface area contributed by atoms with E-state index in [2.05, 4.69) is 35.5 Å². The third-order valence-electron chi connectivity index (χ3n) is 4.28. The van der Waals surface area contributed by atoms with Gasteiger partial charge < -0.3 is 14.2 Å². The van der Waals surface area contributed by atoms with Crippen molar-refractivity contribution in [3.8, 4) is 6.01 Å². The molecule has 3 aromatic rings. The molecular weight excluding hydrogens is 372 g/mol. The molecule has 0 N–H and O–H groups in total. The third-order valence-corrected chi connectivity index (χ3v) is 5.13. The molecule has 2 saturated heterocycles. The van der Waals surface area contributed by atoms with Crippen LogP contribution in [0.5, 0.6) is 6.01 Å². The molecule has 138 valence electrons. The molecule has 4 atom stereocenters. The standard InChI is InChI=1S/C15H14N8O3S/c1-3-16-13(17-4-1)26-10-8-25-11-9(7-24-12(10)11)23-15(20-21-22-23)27-14-18-5-2-6-19-14/h1-6,9-12H,7-8H2/t9-,10-,11-,12+/m0/s1. The molecule has 0 amide bonds. The van der Waals surface area contributed by atoms with Crippen molar-refractivity contribution < 1.29 is 14.2 Å². The molecule has 5 rings (SSSR count). The lowest BCUT2D eigenvalue weighted by Crippen LogP contribution is -2.34. The Morgan fingerprint density at radius 1 is 0.963 bits per heavy atom. The molecule has 0 unspecified atom stereocenters. The fourth-order valence-corrected chi connectivity index (χ4v) is 3.85. The lowest BCUT2D eigenvalue weighted by atomic mass is 10.1. The summed E-state index contributed by atoms with van der Waals surface area (Å²) < 4.78 is 19.4. The van der Waals surface area contributed by atoms with Crippen molar-refractivity contribution in [2.45, 2.75) is 34.7 Å². The van der Waals surface area contributed by atoms with Crippen LogP contribution in [-0.4, -0.2) is 71.7 Å². The van der Waals surface area contributed by atoms with Crippen molar-refractivity contribution >= 4 is 11.8 Å². The SMILES string of the molecule is c1cnc(O[C@H]2CO[C@@H]3[C@@H]2OC[C@@H]3n2nnnc2Sc2ncccn2)nc1. The molecule has 11 nitrogen and oxygen atoms in total. The highest BCUT2D eigenvalue weighted by atomic mass is 32.2. The van der Waals surface area contributed by atoms with Gasteiger partial charge in [0.25, 0.3) is 0 Å². The monoisotopic (exact) mass is 386 g/mol. The van der Waals surface area contributed by atoms with E-state index in [-0.39, 0.29) is 24.4 Å². The largest absolute Gasteiger partial charge is 0.455 e. The maximum Gasteiger partial charge on any atom is 0.316 e. The van der Waals surface area contributed by atoms with Gasteiger partial charge in [-0.25, -0.2) is 24.6 Å². The molecule has 0 aliphatic carbocycles. The van der Waals surface area contributed by atoms with Crippen molar-refractivity contribution in [1.29, 1.82) is 0 Å². The van der Waals surface area contributed by atoms with Crippen molar-refractivity contribution in [2.75, 3.05) is 13.2 Å². The van der Waals surface area contributed by atoms with Gasteiger partial charge in [0.1, 0.15) is 18.2 Å². The lowest BCUT2D eigenvalue weighted by molar-refractivity contribution is 0.0251. The van der Waals surface area contributed by atoms with Gasteiger partial charge in [-0.2, -0.15) is 0 Å². The molecule has 2 fully saturated rings. The van der Waals surface area contributed by atoms with Crippen LogP contribution in [0, 0.1) is 0 Å². The molecule has 0 bridgehead atoms. The fraction of sp³-hybridized carbons (Fsp3) is 0.400. The van der Waals surface area contributed by atoms with Gasteiger partial charge >= 0.3 is 6.01 Å². The Hall–Kier alpha value is -2.70. The number of hydrogen-bond acceptors (Lipinski definition) is 11. The van der Waals surface area contributed by atoms with Crippen molar-refractivity contribution in [3.63, 3.8) is 0 Å². The van der Waals surface area contributed by atoms with Crippen LogP contribution in [0.4, 0.5) is 0 Å². The van der Waals surface area contributed by atoms with Crippen LogP contribution in [0.25, 0.3) is 0 Å². The van der Waals surface area contributed by atoms with Crippen LogP contribution >= 0.6 is 11.8 Å². The van der Waals surface area contributed by atoms with Gasteiger partial charge in [-0.05, 0) is 34.3 Å². The van der Waals surface area contributed by atoms with Crippen LogP contribution in [0.1, 0.15) is 6.04 Å². The summed E-state index contributed by atoms with van der Waals surface area (Å²) in [7, 11) is 0. The van der Waals surface area contributed by atoms with E-state index >= 15 is 0 Å². The summed E-state index contributed by atoms with van der Waals surface area (Å²) in [5.74, 6) is 0. The van der Waals surface area contributed by atoms with Crippen molar-refractivity contribution in [2.24, 2.45) is 0 Å². The Morgan fingerprint density at radius 3 is 2.52 bits per heavy atom. The zero-order chi connectivity index (χ0) is 18.1. The average Bonchev–Trinajstić information content (AvgIpc) is 3.41. The van der Waals surface area contributed by atoms with Crippen molar-refractivity contribution in [1.82, 2.24) is 40.1 Å². The van der Waals surface area contributed by atoms with Crippen LogP contribution in [0.3, 0.4) is 0 Å². The summed E-state index contributed by atoms with van der Waals surface area (Å²) in [6.07, 6.45) is 5.85. The van der Waals surface area contributed by atoms with Crippen molar-refractivity contribution in [3.05, 3.63) is 36.9 Å². The van der Waals surface area contributed by atoms with Crippen LogP contribution in [0.15, 0.2) is 47.2 Å². The van der Waals surface area contributed by atoms with E-state index in [0.29, 0.717) is 29.5 Å².